The van der Waals surface area contributed by atoms with Gasteiger partial charge in [0.25, 0.3) is 5.91 Å². The van der Waals surface area contributed by atoms with Crippen LogP contribution in [0.1, 0.15) is 12.0 Å². The van der Waals surface area contributed by atoms with Gasteiger partial charge >= 0.3 is 5.69 Å². The number of amides is 1. The van der Waals surface area contributed by atoms with Crippen LogP contribution in [0.25, 0.3) is 0 Å². The summed E-state index contributed by atoms with van der Waals surface area (Å²) in [6, 6.07) is 23.2. The Bertz CT molecular complexity index is 992. The number of hydrogen-bond donors (Lipinski definition) is 1. The SMILES string of the molecule is O=C(COc1ccccc1[N+](=O)[O-])Nc1cccc(OCCCc2ccccc2)c1. The van der Waals surface area contributed by atoms with E-state index in [1.54, 1.807) is 24.3 Å². The molecule has 0 fully saturated rings. The number of anilines is 1. The Morgan fingerprint density at radius 1 is 0.933 bits per heavy atom. The maximum absolute atomic E-state index is 12.1. The first-order valence-electron chi connectivity index (χ1n) is 9.54. The van der Waals surface area contributed by atoms with Crippen molar-refractivity contribution < 1.29 is 19.2 Å². The molecule has 0 aliphatic rings. The molecular formula is C23H22N2O5. The van der Waals surface area contributed by atoms with Gasteiger partial charge in [-0.3, -0.25) is 14.9 Å². The summed E-state index contributed by atoms with van der Waals surface area (Å²) in [4.78, 5) is 22.6. The molecule has 0 radical (unpaired) electrons. The molecule has 0 aliphatic heterocycles. The van der Waals surface area contributed by atoms with E-state index in [0.717, 1.165) is 12.8 Å². The van der Waals surface area contributed by atoms with Crippen molar-refractivity contribution in [3.05, 3.63) is 94.5 Å². The number of rotatable bonds is 10. The van der Waals surface area contributed by atoms with Gasteiger partial charge in [0.15, 0.2) is 12.4 Å². The Labute approximate surface area is 174 Å². The van der Waals surface area contributed by atoms with Crippen molar-refractivity contribution in [2.75, 3.05) is 18.5 Å². The van der Waals surface area contributed by atoms with Crippen LogP contribution >= 0.6 is 0 Å². The molecule has 0 aliphatic carbocycles. The smallest absolute Gasteiger partial charge is 0.310 e. The Kier molecular flexibility index (Phi) is 7.38. The van der Waals surface area contributed by atoms with E-state index in [2.05, 4.69) is 17.4 Å². The van der Waals surface area contributed by atoms with E-state index in [9.17, 15) is 14.9 Å². The van der Waals surface area contributed by atoms with Gasteiger partial charge in [0.1, 0.15) is 5.75 Å². The fraction of sp³-hybridized carbons (Fsp3) is 0.174. The van der Waals surface area contributed by atoms with Crippen LogP contribution in [-0.2, 0) is 11.2 Å². The number of carbonyl (C=O) groups excluding carboxylic acids is 1. The van der Waals surface area contributed by atoms with Crippen molar-refractivity contribution in [2.24, 2.45) is 0 Å². The largest absolute Gasteiger partial charge is 0.494 e. The lowest BCUT2D eigenvalue weighted by Gasteiger charge is -2.10. The third-order valence-electron chi connectivity index (χ3n) is 4.26. The predicted octanol–water partition coefficient (Wildman–Crippen LogP) is 4.62. The molecule has 3 rings (SSSR count). The van der Waals surface area contributed by atoms with E-state index in [0.29, 0.717) is 18.0 Å². The molecule has 3 aromatic rings. The minimum Gasteiger partial charge on any atom is -0.494 e. The van der Waals surface area contributed by atoms with Crippen molar-refractivity contribution in [3.63, 3.8) is 0 Å². The van der Waals surface area contributed by atoms with Crippen LogP contribution in [0.5, 0.6) is 11.5 Å². The van der Waals surface area contributed by atoms with Gasteiger partial charge in [-0.1, -0.05) is 48.5 Å². The van der Waals surface area contributed by atoms with E-state index in [-0.39, 0.29) is 18.0 Å². The molecule has 7 nitrogen and oxygen atoms in total. The summed E-state index contributed by atoms with van der Waals surface area (Å²) in [6.45, 7) is 0.222. The molecule has 1 amide bonds. The molecule has 154 valence electrons. The number of carbonyl (C=O) groups is 1. The lowest BCUT2D eigenvalue weighted by atomic mass is 10.1. The highest BCUT2D eigenvalue weighted by molar-refractivity contribution is 5.92. The van der Waals surface area contributed by atoms with Crippen LogP contribution < -0.4 is 14.8 Å². The van der Waals surface area contributed by atoms with Crippen molar-refractivity contribution in [3.8, 4) is 11.5 Å². The monoisotopic (exact) mass is 406 g/mol. The Hall–Kier alpha value is -3.87. The fourth-order valence-corrected chi connectivity index (χ4v) is 2.85. The summed E-state index contributed by atoms with van der Waals surface area (Å²) in [7, 11) is 0. The highest BCUT2D eigenvalue weighted by Gasteiger charge is 2.15. The van der Waals surface area contributed by atoms with Crippen LogP contribution in [0.3, 0.4) is 0 Å². The zero-order valence-electron chi connectivity index (χ0n) is 16.3. The van der Waals surface area contributed by atoms with Gasteiger partial charge in [-0.25, -0.2) is 0 Å². The minimum atomic E-state index is -0.550. The molecule has 0 heterocycles. The standard InChI is InChI=1S/C23H22N2O5/c26-23(17-30-22-14-5-4-13-21(22)25(27)28)24-19-11-6-12-20(16-19)29-15-7-10-18-8-2-1-3-9-18/h1-6,8-9,11-14,16H,7,10,15,17H2,(H,24,26). The highest BCUT2D eigenvalue weighted by Crippen LogP contribution is 2.25. The quantitative estimate of drug-likeness (QED) is 0.301. The van der Waals surface area contributed by atoms with E-state index < -0.39 is 10.8 Å². The second kappa shape index (κ2) is 10.6. The molecular weight excluding hydrogens is 384 g/mol. The Balaban J connectivity index is 1.46. The van der Waals surface area contributed by atoms with Gasteiger partial charge in [-0.05, 0) is 36.6 Å². The maximum Gasteiger partial charge on any atom is 0.310 e. The molecule has 0 unspecified atom stereocenters. The lowest BCUT2D eigenvalue weighted by molar-refractivity contribution is -0.385. The molecule has 0 bridgehead atoms. The molecule has 30 heavy (non-hydrogen) atoms. The van der Waals surface area contributed by atoms with Gasteiger partial charge in [0, 0.05) is 17.8 Å². The number of para-hydroxylation sites is 2. The summed E-state index contributed by atoms with van der Waals surface area (Å²) >= 11 is 0. The van der Waals surface area contributed by atoms with Crippen molar-refractivity contribution >= 4 is 17.3 Å². The van der Waals surface area contributed by atoms with Crippen LogP contribution in [0.2, 0.25) is 0 Å². The van der Waals surface area contributed by atoms with Gasteiger partial charge in [0.2, 0.25) is 0 Å². The number of nitro groups is 1. The number of hydrogen-bond acceptors (Lipinski definition) is 5. The Morgan fingerprint density at radius 3 is 2.50 bits per heavy atom. The number of aryl methyl sites for hydroxylation is 1. The second-order valence-corrected chi connectivity index (χ2v) is 6.53. The lowest BCUT2D eigenvalue weighted by Crippen LogP contribution is -2.20. The molecule has 7 heteroatoms. The average molecular weight is 406 g/mol. The van der Waals surface area contributed by atoms with Crippen LogP contribution in [0.15, 0.2) is 78.9 Å². The van der Waals surface area contributed by atoms with E-state index in [1.807, 2.05) is 24.3 Å². The summed E-state index contributed by atoms with van der Waals surface area (Å²) in [6.07, 6.45) is 1.81. The van der Waals surface area contributed by atoms with Gasteiger partial charge < -0.3 is 14.8 Å². The summed E-state index contributed by atoms with van der Waals surface area (Å²) in [5, 5.41) is 13.7. The molecule has 0 spiro atoms. The normalized spacial score (nSPS) is 10.3. The number of nitro benzene ring substituents is 1. The maximum atomic E-state index is 12.1. The Morgan fingerprint density at radius 2 is 1.70 bits per heavy atom. The number of nitrogens with one attached hydrogen (secondary N) is 1. The second-order valence-electron chi connectivity index (χ2n) is 6.53. The molecule has 0 saturated carbocycles. The number of benzene rings is 3. The summed E-state index contributed by atoms with van der Waals surface area (Å²) in [5.41, 5.74) is 1.64. The van der Waals surface area contributed by atoms with E-state index in [1.165, 1.54) is 23.8 Å². The van der Waals surface area contributed by atoms with Crippen LogP contribution in [0, 0.1) is 10.1 Å². The van der Waals surface area contributed by atoms with Crippen LogP contribution in [0.4, 0.5) is 11.4 Å². The van der Waals surface area contributed by atoms with Crippen molar-refractivity contribution in [1.29, 1.82) is 0 Å². The first-order valence-corrected chi connectivity index (χ1v) is 9.54. The zero-order valence-corrected chi connectivity index (χ0v) is 16.3. The van der Waals surface area contributed by atoms with Gasteiger partial charge in [0.05, 0.1) is 11.5 Å². The topological polar surface area (TPSA) is 90.7 Å². The molecule has 0 aromatic heterocycles. The molecule has 3 aromatic carbocycles. The average Bonchev–Trinajstić information content (AvgIpc) is 2.76. The molecule has 1 N–H and O–H groups in total. The third kappa shape index (κ3) is 6.34. The van der Waals surface area contributed by atoms with Gasteiger partial charge in [-0.2, -0.15) is 0 Å². The van der Waals surface area contributed by atoms with E-state index in [4.69, 9.17) is 9.47 Å². The zero-order chi connectivity index (χ0) is 21.2. The first-order chi connectivity index (χ1) is 14.6. The van der Waals surface area contributed by atoms with E-state index >= 15 is 0 Å². The number of ether oxygens (including phenoxy) is 2. The first kappa shape index (κ1) is 20.9. The summed E-state index contributed by atoms with van der Waals surface area (Å²) in [5.74, 6) is 0.281. The van der Waals surface area contributed by atoms with Crippen LogP contribution in [-0.4, -0.2) is 24.0 Å². The summed E-state index contributed by atoms with van der Waals surface area (Å²) < 4.78 is 11.1. The highest BCUT2D eigenvalue weighted by atomic mass is 16.6. The van der Waals surface area contributed by atoms with Gasteiger partial charge in [-0.15, -0.1) is 0 Å². The van der Waals surface area contributed by atoms with Crippen molar-refractivity contribution in [1.82, 2.24) is 0 Å². The number of nitrogens with zero attached hydrogens (tertiary/aromatic N) is 1. The molecule has 0 saturated heterocycles. The fourth-order valence-electron chi connectivity index (χ4n) is 2.85. The molecule has 0 atom stereocenters. The van der Waals surface area contributed by atoms with Crippen molar-refractivity contribution in [2.45, 2.75) is 12.8 Å². The minimum absolute atomic E-state index is 0.0492. The predicted molar refractivity (Wildman–Crippen MR) is 114 cm³/mol. The third-order valence-corrected chi connectivity index (χ3v) is 4.26.